The van der Waals surface area contributed by atoms with Crippen molar-refractivity contribution in [1.29, 1.82) is 0 Å². The first-order chi connectivity index (χ1) is 7.59. The van der Waals surface area contributed by atoms with Crippen LogP contribution in [0.3, 0.4) is 0 Å². The molecule has 1 aliphatic carbocycles. The minimum atomic E-state index is -0.180. The third-order valence-electron chi connectivity index (χ3n) is 3.96. The Balaban J connectivity index is 1.92. The Labute approximate surface area is 98.1 Å². The Hall–Kier alpha value is -0.570. The summed E-state index contributed by atoms with van der Waals surface area (Å²) in [5, 5.41) is 1.59. The molecule has 0 atom stereocenters. The summed E-state index contributed by atoms with van der Waals surface area (Å²) in [4.78, 5) is 17.5. The van der Waals surface area contributed by atoms with Crippen LogP contribution in [0.5, 0.6) is 0 Å². The van der Waals surface area contributed by atoms with Gasteiger partial charge in [-0.1, -0.05) is 19.3 Å². The number of hydrogen-bond donors (Lipinski definition) is 0. The van der Waals surface area contributed by atoms with E-state index in [1.165, 1.54) is 32.1 Å². The lowest BCUT2D eigenvalue weighted by Gasteiger charge is -2.38. The van der Waals surface area contributed by atoms with Gasteiger partial charge in [-0.05, 0) is 39.0 Å². The van der Waals surface area contributed by atoms with E-state index in [1.54, 1.807) is 5.06 Å². The minimum absolute atomic E-state index is 0.156. The van der Waals surface area contributed by atoms with Gasteiger partial charge in [-0.25, -0.2) is 5.06 Å². The first-order valence-electron chi connectivity index (χ1n) is 6.59. The van der Waals surface area contributed by atoms with Crippen molar-refractivity contribution in [3.05, 3.63) is 0 Å². The maximum absolute atomic E-state index is 11.5. The van der Waals surface area contributed by atoms with Crippen LogP contribution in [-0.4, -0.2) is 23.1 Å². The molecule has 92 valence electrons. The fourth-order valence-electron chi connectivity index (χ4n) is 2.88. The highest BCUT2D eigenvalue weighted by Gasteiger charge is 2.36. The average Bonchev–Trinajstić information content (AvgIpc) is 2.65. The lowest BCUT2D eigenvalue weighted by Crippen LogP contribution is -2.42. The molecular formula is C13H23NO2. The first-order valence-corrected chi connectivity index (χ1v) is 6.59. The summed E-state index contributed by atoms with van der Waals surface area (Å²) in [5.74, 6) is 0.763. The van der Waals surface area contributed by atoms with E-state index in [4.69, 9.17) is 4.84 Å². The van der Waals surface area contributed by atoms with E-state index >= 15 is 0 Å². The molecule has 3 heteroatoms. The number of nitrogens with zero attached hydrogens (tertiary/aromatic N) is 1. The zero-order valence-electron chi connectivity index (χ0n) is 10.5. The van der Waals surface area contributed by atoms with Gasteiger partial charge in [0.1, 0.15) is 0 Å². The summed E-state index contributed by atoms with van der Waals surface area (Å²) in [5.41, 5.74) is -0.180. The fraction of sp³-hybridized carbons (Fsp3) is 0.923. The van der Waals surface area contributed by atoms with Crippen molar-refractivity contribution in [2.45, 2.75) is 64.4 Å². The van der Waals surface area contributed by atoms with Crippen LogP contribution < -0.4 is 0 Å². The highest BCUT2D eigenvalue weighted by Crippen LogP contribution is 2.35. The second-order valence-corrected chi connectivity index (χ2v) is 5.63. The fourth-order valence-corrected chi connectivity index (χ4v) is 2.88. The van der Waals surface area contributed by atoms with Gasteiger partial charge in [0.05, 0.1) is 5.60 Å². The molecule has 1 amide bonds. The van der Waals surface area contributed by atoms with E-state index in [0.717, 1.165) is 13.0 Å². The Bertz CT molecular complexity index is 257. The van der Waals surface area contributed by atoms with Gasteiger partial charge in [0.15, 0.2) is 0 Å². The summed E-state index contributed by atoms with van der Waals surface area (Å²) in [6, 6.07) is 0. The van der Waals surface area contributed by atoms with Crippen molar-refractivity contribution in [2.75, 3.05) is 6.54 Å². The normalized spacial score (nSPS) is 24.1. The van der Waals surface area contributed by atoms with Crippen LogP contribution in [0.15, 0.2) is 0 Å². The van der Waals surface area contributed by atoms with E-state index in [1.807, 2.05) is 0 Å². The first kappa shape index (κ1) is 11.9. The smallest absolute Gasteiger partial charge is 0.246 e. The number of hydrogen-bond acceptors (Lipinski definition) is 2. The van der Waals surface area contributed by atoms with Gasteiger partial charge < -0.3 is 0 Å². The van der Waals surface area contributed by atoms with Crippen molar-refractivity contribution in [1.82, 2.24) is 5.06 Å². The van der Waals surface area contributed by atoms with Crippen LogP contribution in [0, 0.1) is 5.92 Å². The molecule has 2 aliphatic rings. The highest BCUT2D eigenvalue weighted by molar-refractivity contribution is 5.76. The van der Waals surface area contributed by atoms with Gasteiger partial charge in [0.2, 0.25) is 5.91 Å². The number of rotatable bonds is 3. The van der Waals surface area contributed by atoms with E-state index in [9.17, 15) is 4.79 Å². The molecule has 1 saturated carbocycles. The molecule has 0 spiro atoms. The van der Waals surface area contributed by atoms with Crippen molar-refractivity contribution < 1.29 is 9.63 Å². The standard InChI is InChI=1S/C13H23NO2/c1-13(2,11-7-4-3-5-8-11)16-14-10-6-9-12(14)15/h11H,3-10H2,1-2H3. The maximum atomic E-state index is 11.5. The lowest BCUT2D eigenvalue weighted by atomic mass is 9.79. The molecule has 0 aromatic carbocycles. The number of amides is 1. The van der Waals surface area contributed by atoms with Crippen LogP contribution in [0.1, 0.15) is 58.8 Å². The second-order valence-electron chi connectivity index (χ2n) is 5.63. The number of hydroxylamine groups is 2. The van der Waals surface area contributed by atoms with Crippen LogP contribution >= 0.6 is 0 Å². The molecule has 0 unspecified atom stereocenters. The molecule has 1 saturated heterocycles. The van der Waals surface area contributed by atoms with E-state index in [0.29, 0.717) is 12.3 Å². The monoisotopic (exact) mass is 225 g/mol. The third-order valence-corrected chi connectivity index (χ3v) is 3.96. The average molecular weight is 225 g/mol. The van der Waals surface area contributed by atoms with Crippen molar-refractivity contribution >= 4 is 5.91 Å². The van der Waals surface area contributed by atoms with Crippen LogP contribution in [-0.2, 0) is 9.63 Å². The number of carbonyl (C=O) groups is 1. The van der Waals surface area contributed by atoms with Crippen LogP contribution in [0.2, 0.25) is 0 Å². The van der Waals surface area contributed by atoms with Gasteiger partial charge in [-0.2, -0.15) is 0 Å². The van der Waals surface area contributed by atoms with Crippen molar-refractivity contribution in [3.8, 4) is 0 Å². The summed E-state index contributed by atoms with van der Waals surface area (Å²) in [6.45, 7) is 5.04. The maximum Gasteiger partial charge on any atom is 0.246 e. The second kappa shape index (κ2) is 4.74. The van der Waals surface area contributed by atoms with Gasteiger partial charge in [-0.3, -0.25) is 9.63 Å². The zero-order chi connectivity index (χ0) is 11.6. The Morgan fingerprint density at radius 3 is 2.44 bits per heavy atom. The molecular weight excluding hydrogens is 202 g/mol. The molecule has 0 bridgehead atoms. The molecule has 2 rings (SSSR count). The molecule has 3 nitrogen and oxygen atoms in total. The summed E-state index contributed by atoms with van der Waals surface area (Å²) < 4.78 is 0. The van der Waals surface area contributed by atoms with Crippen molar-refractivity contribution in [3.63, 3.8) is 0 Å². The SMILES string of the molecule is CC(C)(ON1CCCC1=O)C1CCCCC1. The molecule has 0 N–H and O–H groups in total. The lowest BCUT2D eigenvalue weighted by molar-refractivity contribution is -0.240. The van der Waals surface area contributed by atoms with Gasteiger partial charge in [0, 0.05) is 13.0 Å². The number of carbonyl (C=O) groups excluding carboxylic acids is 1. The Morgan fingerprint density at radius 1 is 1.19 bits per heavy atom. The van der Waals surface area contributed by atoms with Gasteiger partial charge >= 0.3 is 0 Å². The summed E-state index contributed by atoms with van der Waals surface area (Å²) >= 11 is 0. The highest BCUT2D eigenvalue weighted by atomic mass is 16.7. The Kier molecular flexibility index (Phi) is 3.53. The molecule has 2 fully saturated rings. The zero-order valence-corrected chi connectivity index (χ0v) is 10.5. The predicted molar refractivity (Wildman–Crippen MR) is 62.7 cm³/mol. The predicted octanol–water partition coefficient (Wildman–Crippen LogP) is 2.90. The molecule has 1 heterocycles. The molecule has 0 radical (unpaired) electrons. The van der Waals surface area contributed by atoms with Crippen LogP contribution in [0.4, 0.5) is 0 Å². The molecule has 1 aliphatic heterocycles. The molecule has 16 heavy (non-hydrogen) atoms. The van der Waals surface area contributed by atoms with E-state index < -0.39 is 0 Å². The van der Waals surface area contributed by atoms with Gasteiger partial charge in [0.25, 0.3) is 0 Å². The summed E-state index contributed by atoms with van der Waals surface area (Å²) in [6.07, 6.45) is 8.07. The third kappa shape index (κ3) is 2.57. The minimum Gasteiger partial charge on any atom is -0.273 e. The largest absolute Gasteiger partial charge is 0.273 e. The van der Waals surface area contributed by atoms with Gasteiger partial charge in [-0.15, -0.1) is 0 Å². The topological polar surface area (TPSA) is 29.5 Å². The van der Waals surface area contributed by atoms with E-state index in [2.05, 4.69) is 13.8 Å². The molecule has 0 aromatic heterocycles. The quantitative estimate of drug-likeness (QED) is 0.739. The van der Waals surface area contributed by atoms with Crippen LogP contribution in [0.25, 0.3) is 0 Å². The summed E-state index contributed by atoms with van der Waals surface area (Å²) in [7, 11) is 0. The van der Waals surface area contributed by atoms with Crippen molar-refractivity contribution in [2.24, 2.45) is 5.92 Å². The Morgan fingerprint density at radius 2 is 1.88 bits per heavy atom. The molecule has 0 aromatic rings. The van der Waals surface area contributed by atoms with E-state index in [-0.39, 0.29) is 11.5 Å².